The number of carbonyl (C=O) groups is 2. The normalized spacial score (nSPS) is 21.8. The third-order valence-corrected chi connectivity index (χ3v) is 3.14. The Morgan fingerprint density at radius 2 is 1.71 bits per heavy atom. The lowest BCUT2D eigenvalue weighted by atomic mass is 10.2. The second-order valence-corrected chi connectivity index (χ2v) is 5.35. The molecular formula is C15H21N3O3. The number of amides is 3. The van der Waals surface area contributed by atoms with Crippen molar-refractivity contribution in [2.45, 2.75) is 33.0 Å². The molecule has 3 amide bonds. The average molecular weight is 291 g/mol. The topological polar surface area (TPSA) is 70.7 Å². The molecule has 6 nitrogen and oxygen atoms in total. The number of benzene rings is 1. The summed E-state index contributed by atoms with van der Waals surface area (Å²) in [6.45, 7) is 6.49. The van der Waals surface area contributed by atoms with E-state index in [-0.39, 0.29) is 24.1 Å². The van der Waals surface area contributed by atoms with Crippen LogP contribution in [0.25, 0.3) is 0 Å². The zero-order valence-electron chi connectivity index (χ0n) is 12.6. The first-order valence-corrected chi connectivity index (χ1v) is 7.03. The molecule has 1 heterocycles. The smallest absolute Gasteiger partial charge is 0.322 e. The molecule has 1 saturated heterocycles. The van der Waals surface area contributed by atoms with Crippen LogP contribution in [0.5, 0.6) is 0 Å². The third kappa shape index (κ3) is 4.46. The van der Waals surface area contributed by atoms with Crippen LogP contribution in [0.3, 0.4) is 0 Å². The van der Waals surface area contributed by atoms with Crippen molar-refractivity contribution >= 4 is 23.3 Å². The van der Waals surface area contributed by atoms with E-state index in [0.717, 1.165) is 0 Å². The Kier molecular flexibility index (Phi) is 4.80. The maximum Gasteiger partial charge on any atom is 0.322 e. The fraction of sp³-hybridized carbons (Fsp3) is 0.467. The van der Waals surface area contributed by atoms with Gasteiger partial charge in [-0.1, -0.05) is 6.07 Å². The van der Waals surface area contributed by atoms with Crippen LogP contribution < -0.4 is 10.6 Å². The van der Waals surface area contributed by atoms with E-state index in [1.807, 2.05) is 13.8 Å². The van der Waals surface area contributed by atoms with Crippen LogP contribution in [-0.4, -0.2) is 42.1 Å². The summed E-state index contributed by atoms with van der Waals surface area (Å²) in [5, 5.41) is 5.53. The number of ether oxygens (including phenoxy) is 1. The number of rotatable bonds is 2. The van der Waals surface area contributed by atoms with Crippen LogP contribution >= 0.6 is 0 Å². The van der Waals surface area contributed by atoms with Gasteiger partial charge in [-0.05, 0) is 32.0 Å². The molecule has 0 aromatic heterocycles. The minimum absolute atomic E-state index is 0.0326. The van der Waals surface area contributed by atoms with E-state index >= 15 is 0 Å². The van der Waals surface area contributed by atoms with Crippen LogP contribution in [0.4, 0.5) is 16.2 Å². The highest BCUT2D eigenvalue weighted by atomic mass is 16.5. The first-order chi connectivity index (χ1) is 9.94. The lowest BCUT2D eigenvalue weighted by Crippen LogP contribution is -2.49. The Balaban J connectivity index is 2.00. The van der Waals surface area contributed by atoms with E-state index in [2.05, 4.69) is 10.6 Å². The maximum absolute atomic E-state index is 12.3. The second-order valence-electron chi connectivity index (χ2n) is 5.35. The molecular weight excluding hydrogens is 270 g/mol. The third-order valence-electron chi connectivity index (χ3n) is 3.14. The number of urea groups is 1. The van der Waals surface area contributed by atoms with E-state index in [0.29, 0.717) is 24.5 Å². The highest BCUT2D eigenvalue weighted by Crippen LogP contribution is 2.17. The van der Waals surface area contributed by atoms with Crippen molar-refractivity contribution in [1.29, 1.82) is 0 Å². The van der Waals surface area contributed by atoms with E-state index < -0.39 is 0 Å². The molecule has 1 aromatic rings. The highest BCUT2D eigenvalue weighted by molar-refractivity contribution is 5.92. The second kappa shape index (κ2) is 6.58. The van der Waals surface area contributed by atoms with Gasteiger partial charge in [-0.3, -0.25) is 4.79 Å². The van der Waals surface area contributed by atoms with Crippen LogP contribution in [-0.2, 0) is 9.53 Å². The van der Waals surface area contributed by atoms with Gasteiger partial charge in [-0.25, -0.2) is 4.79 Å². The summed E-state index contributed by atoms with van der Waals surface area (Å²) in [5.41, 5.74) is 1.31. The summed E-state index contributed by atoms with van der Waals surface area (Å²) in [4.78, 5) is 25.0. The standard InChI is InChI=1S/C15H21N3O3/c1-10-8-18(9-11(2)21-10)15(20)17-14-6-4-5-13(7-14)16-12(3)19/h4-7,10-11H,8-9H2,1-3H3,(H,16,19)(H,17,20). The van der Waals surface area contributed by atoms with Gasteiger partial charge in [0, 0.05) is 31.4 Å². The quantitative estimate of drug-likeness (QED) is 0.878. The summed E-state index contributed by atoms with van der Waals surface area (Å²) < 4.78 is 5.61. The van der Waals surface area contributed by atoms with Crippen molar-refractivity contribution in [3.63, 3.8) is 0 Å². The number of nitrogens with one attached hydrogen (secondary N) is 2. The molecule has 2 unspecified atom stereocenters. The van der Waals surface area contributed by atoms with Crippen LogP contribution in [0, 0.1) is 0 Å². The minimum Gasteiger partial charge on any atom is -0.372 e. The predicted molar refractivity (Wildman–Crippen MR) is 81.3 cm³/mol. The zero-order valence-corrected chi connectivity index (χ0v) is 12.6. The molecule has 2 N–H and O–H groups in total. The van der Waals surface area contributed by atoms with Gasteiger partial charge in [0.1, 0.15) is 0 Å². The molecule has 1 aliphatic heterocycles. The molecule has 2 rings (SSSR count). The summed E-state index contributed by atoms with van der Waals surface area (Å²) in [6, 6.07) is 6.92. The Labute approximate surface area is 124 Å². The maximum atomic E-state index is 12.3. The predicted octanol–water partition coefficient (Wildman–Crippen LogP) is 2.29. The lowest BCUT2D eigenvalue weighted by Gasteiger charge is -2.35. The first kappa shape index (κ1) is 15.3. The van der Waals surface area contributed by atoms with Gasteiger partial charge in [0.25, 0.3) is 0 Å². The van der Waals surface area contributed by atoms with Gasteiger partial charge < -0.3 is 20.3 Å². The van der Waals surface area contributed by atoms with Gasteiger partial charge in [0.15, 0.2) is 0 Å². The number of hydrogen-bond acceptors (Lipinski definition) is 3. The summed E-state index contributed by atoms with van der Waals surface area (Å²) in [5.74, 6) is -0.144. The zero-order chi connectivity index (χ0) is 15.4. The summed E-state index contributed by atoms with van der Waals surface area (Å²) >= 11 is 0. The van der Waals surface area contributed by atoms with E-state index in [9.17, 15) is 9.59 Å². The molecule has 1 aromatic carbocycles. The molecule has 2 atom stereocenters. The molecule has 1 fully saturated rings. The van der Waals surface area contributed by atoms with Crippen molar-refractivity contribution in [2.75, 3.05) is 23.7 Å². The number of carbonyl (C=O) groups excluding carboxylic acids is 2. The Morgan fingerprint density at radius 3 is 2.29 bits per heavy atom. The van der Waals surface area contributed by atoms with Crippen molar-refractivity contribution < 1.29 is 14.3 Å². The molecule has 0 spiro atoms. The molecule has 6 heteroatoms. The number of anilines is 2. The van der Waals surface area contributed by atoms with Gasteiger partial charge >= 0.3 is 6.03 Å². The molecule has 0 bridgehead atoms. The van der Waals surface area contributed by atoms with Crippen molar-refractivity contribution in [3.05, 3.63) is 24.3 Å². The molecule has 114 valence electrons. The number of morpholine rings is 1. The van der Waals surface area contributed by atoms with E-state index in [4.69, 9.17) is 4.74 Å². The molecule has 21 heavy (non-hydrogen) atoms. The Hall–Kier alpha value is -2.08. The summed E-state index contributed by atoms with van der Waals surface area (Å²) in [7, 11) is 0. The van der Waals surface area contributed by atoms with E-state index in [1.165, 1.54) is 6.92 Å². The van der Waals surface area contributed by atoms with Crippen molar-refractivity contribution in [2.24, 2.45) is 0 Å². The van der Waals surface area contributed by atoms with Crippen LogP contribution in [0.15, 0.2) is 24.3 Å². The first-order valence-electron chi connectivity index (χ1n) is 7.03. The van der Waals surface area contributed by atoms with E-state index in [1.54, 1.807) is 29.2 Å². The average Bonchev–Trinajstić information content (AvgIpc) is 2.37. The van der Waals surface area contributed by atoms with Crippen LogP contribution in [0.2, 0.25) is 0 Å². The monoisotopic (exact) mass is 291 g/mol. The Bertz CT molecular complexity index is 523. The lowest BCUT2D eigenvalue weighted by molar-refractivity contribution is -0.114. The molecule has 0 aliphatic carbocycles. The molecule has 1 aliphatic rings. The fourth-order valence-electron chi connectivity index (χ4n) is 2.42. The van der Waals surface area contributed by atoms with Crippen LogP contribution in [0.1, 0.15) is 20.8 Å². The SMILES string of the molecule is CC(=O)Nc1cccc(NC(=O)N2CC(C)OC(C)C2)c1. The minimum atomic E-state index is -0.156. The van der Waals surface area contributed by atoms with Gasteiger partial charge in [-0.2, -0.15) is 0 Å². The Morgan fingerprint density at radius 1 is 1.14 bits per heavy atom. The number of nitrogens with zero attached hydrogens (tertiary/aromatic N) is 1. The van der Waals surface area contributed by atoms with Gasteiger partial charge in [0.05, 0.1) is 12.2 Å². The van der Waals surface area contributed by atoms with Crippen molar-refractivity contribution in [1.82, 2.24) is 4.90 Å². The van der Waals surface area contributed by atoms with Gasteiger partial charge in [-0.15, -0.1) is 0 Å². The number of hydrogen-bond donors (Lipinski definition) is 2. The highest BCUT2D eigenvalue weighted by Gasteiger charge is 2.25. The summed E-state index contributed by atoms with van der Waals surface area (Å²) in [6.07, 6.45) is 0.0652. The molecule has 0 saturated carbocycles. The largest absolute Gasteiger partial charge is 0.372 e. The van der Waals surface area contributed by atoms with Crippen molar-refractivity contribution in [3.8, 4) is 0 Å². The molecule has 0 radical (unpaired) electrons. The van der Waals surface area contributed by atoms with Gasteiger partial charge in [0.2, 0.25) is 5.91 Å². The fourth-order valence-corrected chi connectivity index (χ4v) is 2.42.